The molecule has 6 rings (SSSR count). The SMILES string of the molecule is COCOc1cccc2c(=O)c3ccc4c(c3oc12)OC(c1ccccc1)(c1ccccc1)O4. The van der Waals surface area contributed by atoms with E-state index in [0.29, 0.717) is 39.2 Å². The summed E-state index contributed by atoms with van der Waals surface area (Å²) in [6.45, 7) is 0.0263. The number of methoxy groups -OCH3 is 1. The Morgan fingerprint density at radius 2 is 1.41 bits per heavy atom. The molecule has 0 saturated carbocycles. The van der Waals surface area contributed by atoms with Crippen molar-refractivity contribution in [2.24, 2.45) is 0 Å². The highest BCUT2D eigenvalue weighted by Gasteiger charge is 2.46. The zero-order valence-corrected chi connectivity index (χ0v) is 18.3. The van der Waals surface area contributed by atoms with E-state index in [2.05, 4.69) is 0 Å². The molecule has 0 amide bonds. The summed E-state index contributed by atoms with van der Waals surface area (Å²) in [6.07, 6.45) is 0. The van der Waals surface area contributed by atoms with Crippen molar-refractivity contribution in [2.75, 3.05) is 13.9 Å². The second-order valence-corrected chi connectivity index (χ2v) is 7.94. The quantitative estimate of drug-likeness (QED) is 0.255. The van der Waals surface area contributed by atoms with Crippen LogP contribution in [0.15, 0.2) is 100 Å². The molecule has 1 aliphatic rings. The van der Waals surface area contributed by atoms with Crippen LogP contribution in [-0.4, -0.2) is 13.9 Å². The zero-order valence-electron chi connectivity index (χ0n) is 18.3. The van der Waals surface area contributed by atoms with Crippen molar-refractivity contribution < 1.29 is 23.4 Å². The molecule has 0 bridgehead atoms. The van der Waals surface area contributed by atoms with E-state index in [0.717, 1.165) is 11.1 Å². The summed E-state index contributed by atoms with van der Waals surface area (Å²) in [5.41, 5.74) is 2.08. The second kappa shape index (κ2) is 7.93. The summed E-state index contributed by atoms with van der Waals surface area (Å²) in [5, 5.41) is 0.813. The van der Waals surface area contributed by atoms with Crippen molar-refractivity contribution >= 4 is 21.9 Å². The molecule has 0 radical (unpaired) electrons. The van der Waals surface area contributed by atoms with Crippen LogP contribution < -0.4 is 19.6 Å². The van der Waals surface area contributed by atoms with Crippen LogP contribution in [0.4, 0.5) is 0 Å². The van der Waals surface area contributed by atoms with Crippen LogP contribution in [0.1, 0.15) is 11.1 Å². The van der Waals surface area contributed by atoms with E-state index in [1.54, 1.807) is 30.3 Å². The highest BCUT2D eigenvalue weighted by molar-refractivity contribution is 5.96. The van der Waals surface area contributed by atoms with Crippen LogP contribution in [0.25, 0.3) is 21.9 Å². The lowest BCUT2D eigenvalue weighted by molar-refractivity contribution is -0.0456. The normalized spacial score (nSPS) is 13.9. The zero-order chi connectivity index (χ0) is 23.1. The Morgan fingerprint density at radius 3 is 2.09 bits per heavy atom. The van der Waals surface area contributed by atoms with Crippen molar-refractivity contribution in [3.8, 4) is 17.2 Å². The maximum Gasteiger partial charge on any atom is 0.305 e. The van der Waals surface area contributed by atoms with Crippen LogP contribution in [0.2, 0.25) is 0 Å². The highest BCUT2D eigenvalue weighted by atomic mass is 16.7. The van der Waals surface area contributed by atoms with E-state index in [1.807, 2.05) is 60.7 Å². The molecule has 0 unspecified atom stereocenters. The van der Waals surface area contributed by atoms with E-state index in [9.17, 15) is 4.79 Å². The largest absolute Gasteiger partial charge is 0.464 e. The topological polar surface area (TPSA) is 67.1 Å². The number of benzene rings is 4. The van der Waals surface area contributed by atoms with E-state index < -0.39 is 5.79 Å². The molecule has 168 valence electrons. The molecular weight excluding hydrogens is 432 g/mol. The Kier molecular flexibility index (Phi) is 4.74. The Bertz CT molecular complexity index is 1520. The van der Waals surface area contributed by atoms with E-state index in [-0.39, 0.29) is 12.2 Å². The van der Waals surface area contributed by atoms with Gasteiger partial charge in [-0.25, -0.2) is 0 Å². The first-order valence-electron chi connectivity index (χ1n) is 10.8. The predicted molar refractivity (Wildman–Crippen MR) is 127 cm³/mol. The Labute approximate surface area is 194 Å². The predicted octanol–water partition coefficient (Wildman–Crippen LogP) is 5.60. The molecule has 2 heterocycles. The van der Waals surface area contributed by atoms with Gasteiger partial charge in [0, 0.05) is 18.2 Å². The van der Waals surface area contributed by atoms with Gasteiger partial charge in [-0.3, -0.25) is 4.79 Å². The number of para-hydroxylation sites is 1. The van der Waals surface area contributed by atoms with Gasteiger partial charge in [0.25, 0.3) is 0 Å². The van der Waals surface area contributed by atoms with Crippen LogP contribution in [0.5, 0.6) is 17.2 Å². The van der Waals surface area contributed by atoms with Gasteiger partial charge in [0.2, 0.25) is 11.2 Å². The third-order valence-corrected chi connectivity index (χ3v) is 5.89. The number of fused-ring (bicyclic) bond motifs is 4. The summed E-state index contributed by atoms with van der Waals surface area (Å²) in [7, 11) is 1.53. The number of ether oxygens (including phenoxy) is 4. The molecule has 0 spiro atoms. The fraction of sp³-hybridized carbons (Fsp3) is 0.107. The summed E-state index contributed by atoms with van der Waals surface area (Å²) >= 11 is 0. The molecule has 0 aliphatic carbocycles. The third-order valence-electron chi connectivity index (χ3n) is 5.89. The van der Waals surface area contributed by atoms with Crippen molar-refractivity contribution in [1.29, 1.82) is 0 Å². The van der Waals surface area contributed by atoms with Gasteiger partial charge in [-0.15, -0.1) is 0 Å². The number of hydrogen-bond acceptors (Lipinski definition) is 6. The molecule has 0 N–H and O–H groups in total. The molecule has 34 heavy (non-hydrogen) atoms. The number of hydrogen-bond donors (Lipinski definition) is 0. The lowest BCUT2D eigenvalue weighted by Gasteiger charge is -2.28. The standard InChI is InChI=1S/C28H20O6/c1-30-17-31-22-14-8-13-20-24(29)21-15-16-23-27(26(21)32-25(20)22)34-28(33-23,18-9-4-2-5-10-18)19-11-6-3-7-12-19/h2-16H,17H2,1H3. The van der Waals surface area contributed by atoms with Gasteiger partial charge in [-0.1, -0.05) is 66.7 Å². The van der Waals surface area contributed by atoms with Gasteiger partial charge >= 0.3 is 5.79 Å². The fourth-order valence-electron chi connectivity index (χ4n) is 4.32. The molecule has 6 nitrogen and oxygen atoms in total. The van der Waals surface area contributed by atoms with Gasteiger partial charge in [0.15, 0.2) is 29.5 Å². The van der Waals surface area contributed by atoms with Crippen molar-refractivity contribution in [1.82, 2.24) is 0 Å². The van der Waals surface area contributed by atoms with Gasteiger partial charge in [0.1, 0.15) is 0 Å². The molecule has 0 saturated heterocycles. The Morgan fingerprint density at radius 1 is 0.735 bits per heavy atom. The Balaban J connectivity index is 1.60. The van der Waals surface area contributed by atoms with E-state index in [4.69, 9.17) is 23.4 Å². The van der Waals surface area contributed by atoms with Crippen molar-refractivity contribution in [2.45, 2.75) is 5.79 Å². The molecule has 1 aromatic heterocycles. The molecular formula is C28H20O6. The molecule has 6 heteroatoms. The summed E-state index contributed by atoms with van der Waals surface area (Å²) in [4.78, 5) is 13.4. The first-order valence-corrected chi connectivity index (χ1v) is 10.8. The van der Waals surface area contributed by atoms with Gasteiger partial charge in [0.05, 0.1) is 10.8 Å². The molecule has 0 atom stereocenters. The maximum absolute atomic E-state index is 13.4. The van der Waals surface area contributed by atoms with Gasteiger partial charge in [-0.2, -0.15) is 0 Å². The van der Waals surface area contributed by atoms with Gasteiger partial charge < -0.3 is 23.4 Å². The minimum atomic E-state index is -1.22. The fourth-order valence-corrected chi connectivity index (χ4v) is 4.32. The average molecular weight is 452 g/mol. The first-order chi connectivity index (χ1) is 16.7. The third kappa shape index (κ3) is 3.03. The van der Waals surface area contributed by atoms with E-state index >= 15 is 0 Å². The molecule has 5 aromatic rings. The minimum Gasteiger partial charge on any atom is -0.464 e. The first kappa shape index (κ1) is 20.3. The van der Waals surface area contributed by atoms with Crippen LogP contribution >= 0.6 is 0 Å². The molecule has 0 fully saturated rings. The number of rotatable bonds is 5. The summed E-state index contributed by atoms with van der Waals surface area (Å²) < 4.78 is 30.0. The van der Waals surface area contributed by atoms with Crippen LogP contribution in [-0.2, 0) is 10.5 Å². The lowest BCUT2D eigenvalue weighted by atomic mass is 9.97. The monoisotopic (exact) mass is 452 g/mol. The average Bonchev–Trinajstić information content (AvgIpc) is 3.30. The smallest absolute Gasteiger partial charge is 0.305 e. The summed E-state index contributed by atoms with van der Waals surface area (Å²) in [5.74, 6) is 0.0367. The summed E-state index contributed by atoms with van der Waals surface area (Å²) in [6, 6.07) is 28.0. The highest BCUT2D eigenvalue weighted by Crippen LogP contribution is 2.50. The van der Waals surface area contributed by atoms with E-state index in [1.165, 1.54) is 7.11 Å². The van der Waals surface area contributed by atoms with Gasteiger partial charge in [-0.05, 0) is 24.3 Å². The Hall–Kier alpha value is -4.29. The molecule has 1 aliphatic heterocycles. The van der Waals surface area contributed by atoms with Crippen molar-refractivity contribution in [3.05, 3.63) is 112 Å². The van der Waals surface area contributed by atoms with Crippen molar-refractivity contribution in [3.63, 3.8) is 0 Å². The lowest BCUT2D eigenvalue weighted by Crippen LogP contribution is -2.36. The minimum absolute atomic E-state index is 0.0263. The second-order valence-electron chi connectivity index (χ2n) is 7.94. The molecule has 4 aromatic carbocycles. The maximum atomic E-state index is 13.4. The van der Waals surface area contributed by atoms with Crippen LogP contribution in [0.3, 0.4) is 0 Å². The van der Waals surface area contributed by atoms with Crippen LogP contribution in [0, 0.1) is 0 Å².